The molecule has 2 unspecified atom stereocenters. The molecule has 13 nitrogen and oxygen atoms in total. The molecule has 0 saturated heterocycles. The number of unbranched alkanes of at least 4 members (excludes halogenated alkanes) is 1. The van der Waals surface area contributed by atoms with Crippen molar-refractivity contribution in [2.75, 3.05) is 24.6 Å². The van der Waals surface area contributed by atoms with Gasteiger partial charge in [0.25, 0.3) is 11.8 Å². The molecule has 2 aromatic rings. The number of benzene rings is 1. The van der Waals surface area contributed by atoms with E-state index in [2.05, 4.69) is 30.9 Å². The first-order chi connectivity index (χ1) is 16.7. The van der Waals surface area contributed by atoms with Gasteiger partial charge in [-0.3, -0.25) is 26.0 Å². The summed E-state index contributed by atoms with van der Waals surface area (Å²) in [6.45, 7) is 0.954. The van der Waals surface area contributed by atoms with E-state index in [0.717, 1.165) is 30.6 Å². The van der Waals surface area contributed by atoms with Crippen LogP contribution in [0.5, 0.6) is 5.75 Å². The zero-order chi connectivity index (χ0) is 25.4. The predicted molar refractivity (Wildman–Crippen MR) is 132 cm³/mol. The van der Waals surface area contributed by atoms with Crippen molar-refractivity contribution in [3.8, 4) is 5.75 Å². The number of hydrogen-bond acceptors (Lipinski definition) is 11. The quantitative estimate of drug-likeness (QED) is 0.144. The number of carbonyl (C=O) groups excluding carboxylic acids is 2. The average Bonchev–Trinajstić information content (AvgIpc) is 3.13. The van der Waals surface area contributed by atoms with E-state index in [4.69, 9.17) is 39.3 Å². The summed E-state index contributed by atoms with van der Waals surface area (Å²) >= 11 is 5.79. The number of aryl methyl sites for hydroxylation is 1. The Morgan fingerprint density at radius 3 is 2.57 bits per heavy atom. The van der Waals surface area contributed by atoms with Gasteiger partial charge in [-0.05, 0) is 43.5 Å². The molecule has 0 fully saturated rings. The maximum absolute atomic E-state index is 12.2. The van der Waals surface area contributed by atoms with Gasteiger partial charge in [0.2, 0.25) is 0 Å². The standard InChI is InChI=1S/C21H29ClN10O3/c22-15-17(24)30-16(23)14(29-15)19(34)32-20(25)27-9-2-1-3-11-4-6-12(7-5-11)35-10-8-13-18(33)31-21(26)28-13/h4-7,13,20,27H,1-3,8-10,25H2,(H,32,34)(H4,23,24,30)(H3,26,28,31,33). The number of nitrogens with two attached hydrogens (primary N) is 4. The number of ether oxygens (including phenoxy) is 1. The Balaban J connectivity index is 1.30. The Labute approximate surface area is 207 Å². The van der Waals surface area contributed by atoms with Crippen LogP contribution in [0.1, 0.15) is 35.3 Å². The normalized spacial score (nSPS) is 15.9. The summed E-state index contributed by atoms with van der Waals surface area (Å²) in [5.41, 5.74) is 23.6. The van der Waals surface area contributed by atoms with Gasteiger partial charge in [0.05, 0.1) is 6.61 Å². The van der Waals surface area contributed by atoms with Crippen LogP contribution < -0.4 is 43.6 Å². The van der Waals surface area contributed by atoms with Crippen molar-refractivity contribution in [1.29, 1.82) is 0 Å². The highest BCUT2D eigenvalue weighted by Gasteiger charge is 2.24. The van der Waals surface area contributed by atoms with E-state index in [0.29, 0.717) is 19.6 Å². The molecule has 0 bridgehead atoms. The SMILES string of the molecule is NC1=NC(CCOc2ccc(CCCCNC(N)NC(=O)c3nc(Cl)c(N)nc3N)cc2)C(=O)N1. The fourth-order valence-corrected chi connectivity index (χ4v) is 3.41. The van der Waals surface area contributed by atoms with Crippen LogP contribution in [-0.4, -0.2) is 53.2 Å². The molecule has 188 valence electrons. The van der Waals surface area contributed by atoms with Crippen LogP contribution in [0.3, 0.4) is 0 Å². The summed E-state index contributed by atoms with van der Waals surface area (Å²) in [6.07, 6.45) is 2.28. The van der Waals surface area contributed by atoms with Gasteiger partial charge in [-0.15, -0.1) is 0 Å². The Bertz CT molecular complexity index is 1080. The van der Waals surface area contributed by atoms with Gasteiger partial charge in [0.1, 0.15) is 18.1 Å². The second-order valence-corrected chi connectivity index (χ2v) is 8.15. The molecule has 1 aliphatic heterocycles. The first-order valence-electron chi connectivity index (χ1n) is 11.0. The van der Waals surface area contributed by atoms with E-state index >= 15 is 0 Å². The molecule has 14 heteroatoms. The van der Waals surface area contributed by atoms with Gasteiger partial charge in [0, 0.05) is 6.42 Å². The minimum absolute atomic E-state index is 0.0544. The lowest BCUT2D eigenvalue weighted by Crippen LogP contribution is -2.52. The molecule has 3 rings (SSSR count). The number of anilines is 2. The highest BCUT2D eigenvalue weighted by Crippen LogP contribution is 2.17. The topological polar surface area (TPSA) is 222 Å². The molecule has 1 aromatic carbocycles. The van der Waals surface area contributed by atoms with Crippen LogP contribution in [0.15, 0.2) is 29.3 Å². The van der Waals surface area contributed by atoms with E-state index in [1.807, 2.05) is 24.3 Å². The van der Waals surface area contributed by atoms with Crippen LogP contribution in [0, 0.1) is 0 Å². The number of nitrogens with zero attached hydrogens (tertiary/aromatic N) is 3. The smallest absolute Gasteiger partial charge is 0.276 e. The van der Waals surface area contributed by atoms with Crippen molar-refractivity contribution in [2.45, 2.75) is 38.0 Å². The number of carbonyl (C=O) groups is 2. The van der Waals surface area contributed by atoms with Crippen LogP contribution in [0.2, 0.25) is 5.15 Å². The number of aromatic nitrogens is 2. The summed E-state index contributed by atoms with van der Waals surface area (Å²) in [6, 6.07) is 7.28. The summed E-state index contributed by atoms with van der Waals surface area (Å²) in [5.74, 6) is -0.127. The van der Waals surface area contributed by atoms with Crippen LogP contribution in [0.25, 0.3) is 0 Å². The van der Waals surface area contributed by atoms with Gasteiger partial charge in [-0.1, -0.05) is 23.7 Å². The lowest BCUT2D eigenvalue weighted by molar-refractivity contribution is -0.120. The molecule has 1 aliphatic rings. The van der Waals surface area contributed by atoms with Crippen LogP contribution in [0.4, 0.5) is 11.6 Å². The maximum atomic E-state index is 12.2. The van der Waals surface area contributed by atoms with Crippen molar-refractivity contribution < 1.29 is 14.3 Å². The Morgan fingerprint density at radius 1 is 1.14 bits per heavy atom. The first-order valence-corrected chi connectivity index (χ1v) is 11.3. The third kappa shape index (κ3) is 7.67. The molecule has 0 aliphatic carbocycles. The van der Waals surface area contributed by atoms with E-state index < -0.39 is 18.2 Å². The summed E-state index contributed by atoms with van der Waals surface area (Å²) in [4.78, 5) is 35.5. The Kier molecular flexibility index (Phi) is 9.00. The zero-order valence-corrected chi connectivity index (χ0v) is 19.7. The average molecular weight is 505 g/mol. The van der Waals surface area contributed by atoms with Crippen molar-refractivity contribution in [1.82, 2.24) is 25.9 Å². The molecule has 2 amide bonds. The molecule has 2 heterocycles. The van der Waals surface area contributed by atoms with Crippen LogP contribution >= 0.6 is 11.6 Å². The second kappa shape index (κ2) is 12.1. The number of rotatable bonds is 12. The molecule has 0 spiro atoms. The predicted octanol–water partition coefficient (Wildman–Crippen LogP) is -0.539. The number of nitrogen functional groups attached to an aromatic ring is 2. The van der Waals surface area contributed by atoms with Gasteiger partial charge >= 0.3 is 0 Å². The van der Waals surface area contributed by atoms with Crippen molar-refractivity contribution in [3.05, 3.63) is 40.7 Å². The number of hydrogen-bond donors (Lipinski definition) is 7. The molecular formula is C21H29ClN10O3. The van der Waals surface area contributed by atoms with E-state index in [-0.39, 0.29) is 34.3 Å². The van der Waals surface area contributed by atoms with Gasteiger partial charge in [-0.25, -0.2) is 15.0 Å². The first kappa shape index (κ1) is 25.9. The fourth-order valence-electron chi connectivity index (χ4n) is 3.29. The third-order valence-electron chi connectivity index (χ3n) is 5.10. The lowest BCUT2D eigenvalue weighted by atomic mass is 10.1. The molecular weight excluding hydrogens is 476 g/mol. The summed E-state index contributed by atoms with van der Waals surface area (Å²) in [7, 11) is 0. The Morgan fingerprint density at radius 2 is 1.89 bits per heavy atom. The van der Waals surface area contributed by atoms with Crippen molar-refractivity contribution in [3.63, 3.8) is 0 Å². The zero-order valence-electron chi connectivity index (χ0n) is 19.0. The van der Waals surface area contributed by atoms with Crippen molar-refractivity contribution in [2.24, 2.45) is 16.5 Å². The van der Waals surface area contributed by atoms with Crippen LogP contribution in [-0.2, 0) is 11.2 Å². The minimum Gasteiger partial charge on any atom is -0.494 e. The lowest BCUT2D eigenvalue weighted by Gasteiger charge is -2.16. The molecule has 0 saturated carbocycles. The molecule has 11 N–H and O–H groups in total. The Hall–Kier alpha value is -3.68. The number of amides is 2. The minimum atomic E-state index is -0.797. The largest absolute Gasteiger partial charge is 0.494 e. The number of nitrogens with one attached hydrogen (secondary N) is 3. The molecule has 2 atom stereocenters. The number of aliphatic imine (C=N–C) groups is 1. The third-order valence-corrected chi connectivity index (χ3v) is 5.37. The number of halogens is 1. The maximum Gasteiger partial charge on any atom is 0.276 e. The summed E-state index contributed by atoms with van der Waals surface area (Å²) < 4.78 is 5.68. The van der Waals surface area contributed by atoms with Gasteiger partial charge in [-0.2, -0.15) is 0 Å². The van der Waals surface area contributed by atoms with E-state index in [9.17, 15) is 9.59 Å². The van der Waals surface area contributed by atoms with Crippen molar-refractivity contribution >= 4 is 41.0 Å². The monoisotopic (exact) mass is 504 g/mol. The highest BCUT2D eigenvalue weighted by molar-refractivity contribution is 6.31. The number of guanidine groups is 1. The fraction of sp³-hybridized carbons (Fsp3) is 0.381. The highest BCUT2D eigenvalue weighted by atomic mass is 35.5. The van der Waals surface area contributed by atoms with Gasteiger partial charge < -0.3 is 27.3 Å². The molecule has 35 heavy (non-hydrogen) atoms. The van der Waals surface area contributed by atoms with E-state index in [1.54, 1.807) is 0 Å². The molecule has 1 aromatic heterocycles. The summed E-state index contributed by atoms with van der Waals surface area (Å²) in [5, 5.41) is 7.90. The molecule has 0 radical (unpaired) electrons. The van der Waals surface area contributed by atoms with E-state index in [1.165, 1.54) is 0 Å². The second-order valence-electron chi connectivity index (χ2n) is 7.80. The van der Waals surface area contributed by atoms with Gasteiger partial charge in [0.15, 0.2) is 28.4 Å².